The molecule has 5 aromatic rings. The predicted octanol–water partition coefficient (Wildman–Crippen LogP) is 2.83. The predicted molar refractivity (Wildman–Crippen MR) is 170 cm³/mol. The van der Waals surface area contributed by atoms with Gasteiger partial charge in [0.1, 0.15) is 11.4 Å². The fourth-order valence-electron chi connectivity index (χ4n) is 4.55. The molecular formula is C29H27ClN10O5S. The zero-order chi connectivity index (χ0) is 32.8. The summed E-state index contributed by atoms with van der Waals surface area (Å²) in [6, 6.07) is 14.1. The van der Waals surface area contributed by atoms with Gasteiger partial charge in [-0.2, -0.15) is 14.9 Å². The van der Waals surface area contributed by atoms with E-state index in [2.05, 4.69) is 46.2 Å². The molecule has 236 valence electrons. The number of carbonyl (C=O) groups excluding carboxylic acids is 2. The van der Waals surface area contributed by atoms with Crippen LogP contribution in [0.4, 0.5) is 10.5 Å². The lowest BCUT2D eigenvalue weighted by Gasteiger charge is -2.17. The van der Waals surface area contributed by atoms with E-state index in [1.165, 1.54) is 28.9 Å². The lowest BCUT2D eigenvalue weighted by molar-refractivity contribution is -0.117. The smallest absolute Gasteiger partial charge is 0.411 e. The van der Waals surface area contributed by atoms with Crippen LogP contribution < -0.4 is 16.2 Å². The van der Waals surface area contributed by atoms with E-state index in [9.17, 15) is 18.6 Å². The molecule has 2 amide bonds. The quantitative estimate of drug-likeness (QED) is 0.187. The Morgan fingerprint density at radius 1 is 1.15 bits per heavy atom. The fourth-order valence-corrected chi connectivity index (χ4v) is 5.45. The maximum Gasteiger partial charge on any atom is 0.411 e. The standard InChI is InChI=1S/C29H27ClN10O5S/c1-39-27(46(3)44)14-21(36-39)13-23(33-26(41)11-6-18-12-19(30)7-10-25(18)40-16-31-37-38-40)24-15-22(28(42)35-34-24)17-4-8-20(9-5-17)32-29(43)45-2/h4-12,14-16,23H,13H2,1-3H3,(H,32,43)(H,33,41)(H,35,42)/b11-6+/t23-,46?/m0/s1. The number of benzene rings is 2. The van der Waals surface area contributed by atoms with Crippen molar-refractivity contribution < 1.29 is 18.5 Å². The lowest BCUT2D eigenvalue weighted by Crippen LogP contribution is -2.30. The van der Waals surface area contributed by atoms with Crippen molar-refractivity contribution in [1.82, 2.24) is 45.5 Å². The van der Waals surface area contributed by atoms with Crippen LogP contribution in [0.15, 0.2) is 76.8 Å². The Kier molecular flexibility index (Phi) is 9.78. The molecule has 1 unspecified atom stereocenters. The van der Waals surface area contributed by atoms with Crippen molar-refractivity contribution in [3.63, 3.8) is 0 Å². The molecule has 3 N–H and O–H groups in total. The van der Waals surface area contributed by atoms with Gasteiger partial charge in [-0.3, -0.25) is 23.8 Å². The molecule has 0 spiro atoms. The van der Waals surface area contributed by atoms with Crippen LogP contribution in [0.2, 0.25) is 5.02 Å². The van der Waals surface area contributed by atoms with Gasteiger partial charge in [-0.25, -0.2) is 9.89 Å². The van der Waals surface area contributed by atoms with Crippen LogP contribution in [0, 0.1) is 0 Å². The summed E-state index contributed by atoms with van der Waals surface area (Å²) in [5.74, 6) is -0.476. The molecular weight excluding hydrogens is 636 g/mol. The zero-order valence-electron chi connectivity index (χ0n) is 24.7. The highest BCUT2D eigenvalue weighted by molar-refractivity contribution is 7.84. The molecule has 17 heteroatoms. The Morgan fingerprint density at radius 3 is 2.61 bits per heavy atom. The first-order valence-corrected chi connectivity index (χ1v) is 15.5. The van der Waals surface area contributed by atoms with Crippen molar-refractivity contribution in [3.05, 3.63) is 99.3 Å². The largest absolute Gasteiger partial charge is 0.453 e. The van der Waals surface area contributed by atoms with Crippen LogP contribution in [0.1, 0.15) is 23.0 Å². The highest BCUT2D eigenvalue weighted by atomic mass is 35.5. The lowest BCUT2D eigenvalue weighted by atomic mass is 10.0. The first-order chi connectivity index (χ1) is 22.1. The molecule has 0 aliphatic carbocycles. The molecule has 3 aromatic heterocycles. The van der Waals surface area contributed by atoms with E-state index in [1.54, 1.807) is 74.0 Å². The second-order valence-corrected chi connectivity index (χ2v) is 11.6. The van der Waals surface area contributed by atoms with Gasteiger partial charge in [-0.05, 0) is 64.5 Å². The minimum absolute atomic E-state index is 0.165. The number of aromatic amines is 1. The number of ether oxygens (including phenoxy) is 1. The molecule has 15 nitrogen and oxygen atoms in total. The van der Waals surface area contributed by atoms with Crippen molar-refractivity contribution in [1.29, 1.82) is 0 Å². The SMILES string of the molecule is COC(=O)Nc1ccc(-c2cc([C@H](Cc3cc(S(C)=O)n(C)n3)NC(=O)/C=C/c3cc(Cl)ccc3-n3cnnn3)n[nH]c2=O)cc1. The van der Waals surface area contributed by atoms with E-state index < -0.39 is 34.4 Å². The minimum Gasteiger partial charge on any atom is -0.453 e. The van der Waals surface area contributed by atoms with Gasteiger partial charge in [-0.15, -0.1) is 5.10 Å². The van der Waals surface area contributed by atoms with E-state index in [4.69, 9.17) is 11.6 Å². The van der Waals surface area contributed by atoms with Gasteiger partial charge >= 0.3 is 6.09 Å². The maximum atomic E-state index is 13.3. The van der Waals surface area contributed by atoms with Crippen molar-refractivity contribution in [3.8, 4) is 16.8 Å². The van der Waals surface area contributed by atoms with Crippen LogP contribution in [0.25, 0.3) is 22.9 Å². The van der Waals surface area contributed by atoms with Crippen molar-refractivity contribution in [2.24, 2.45) is 7.05 Å². The van der Waals surface area contributed by atoms with E-state index in [0.29, 0.717) is 43.9 Å². The third-order valence-electron chi connectivity index (χ3n) is 6.72. The number of hydrogen-bond donors (Lipinski definition) is 3. The van der Waals surface area contributed by atoms with Crippen LogP contribution >= 0.6 is 11.6 Å². The second kappa shape index (κ2) is 14.1. The third kappa shape index (κ3) is 7.59. The summed E-state index contributed by atoms with van der Waals surface area (Å²) in [5, 5.41) is 28.9. The average molecular weight is 663 g/mol. The molecule has 5 rings (SSSR count). The molecule has 2 atom stereocenters. The topological polar surface area (TPSA) is 192 Å². The van der Waals surface area contributed by atoms with Gasteiger partial charge in [0.25, 0.3) is 5.56 Å². The monoisotopic (exact) mass is 662 g/mol. The molecule has 0 aliphatic rings. The van der Waals surface area contributed by atoms with Gasteiger partial charge in [0.2, 0.25) is 5.91 Å². The Morgan fingerprint density at radius 2 is 1.93 bits per heavy atom. The molecule has 46 heavy (non-hydrogen) atoms. The molecule has 0 aliphatic heterocycles. The molecule has 3 heterocycles. The van der Waals surface area contributed by atoms with Crippen molar-refractivity contribution in [2.75, 3.05) is 18.7 Å². The van der Waals surface area contributed by atoms with Crippen molar-refractivity contribution >= 4 is 46.2 Å². The number of halogens is 1. The van der Waals surface area contributed by atoms with Gasteiger partial charge in [0.05, 0.1) is 46.6 Å². The summed E-state index contributed by atoms with van der Waals surface area (Å²) < 4.78 is 19.7. The summed E-state index contributed by atoms with van der Waals surface area (Å²) in [6.07, 6.45) is 5.41. The van der Waals surface area contributed by atoms with E-state index in [0.717, 1.165) is 0 Å². The molecule has 0 saturated carbocycles. The number of tetrazole rings is 1. The summed E-state index contributed by atoms with van der Waals surface area (Å²) in [7, 11) is 1.64. The number of aromatic nitrogens is 8. The van der Waals surface area contributed by atoms with Gasteiger partial charge in [0, 0.05) is 42.1 Å². The number of nitrogens with zero attached hydrogens (tertiary/aromatic N) is 7. The number of aryl methyl sites for hydroxylation is 1. The molecule has 0 bridgehead atoms. The average Bonchev–Trinajstić information content (AvgIpc) is 3.70. The zero-order valence-corrected chi connectivity index (χ0v) is 26.2. The first kappa shape index (κ1) is 31.9. The van der Waals surface area contributed by atoms with Gasteiger partial charge in [0.15, 0.2) is 0 Å². The Labute approximate surface area is 269 Å². The molecule has 0 saturated heterocycles. The Bertz CT molecular complexity index is 1990. The first-order valence-electron chi connectivity index (χ1n) is 13.5. The van der Waals surface area contributed by atoms with Crippen molar-refractivity contribution in [2.45, 2.75) is 17.5 Å². The van der Waals surface area contributed by atoms with Crippen LogP contribution in [-0.2, 0) is 33.8 Å². The van der Waals surface area contributed by atoms with Crippen LogP contribution in [0.5, 0.6) is 0 Å². The summed E-state index contributed by atoms with van der Waals surface area (Å²) >= 11 is 6.21. The number of amides is 2. The van der Waals surface area contributed by atoms with E-state index >= 15 is 0 Å². The Hall–Kier alpha value is -5.48. The second-order valence-electron chi connectivity index (χ2n) is 9.84. The number of carbonyl (C=O) groups is 2. The number of H-pyrrole nitrogens is 1. The molecule has 0 fully saturated rings. The van der Waals surface area contributed by atoms with E-state index in [-0.39, 0.29) is 12.0 Å². The fraction of sp³-hybridized carbons (Fsp3) is 0.172. The summed E-state index contributed by atoms with van der Waals surface area (Å²) in [6.45, 7) is 0. The molecule has 2 aromatic carbocycles. The number of anilines is 1. The highest BCUT2D eigenvalue weighted by Gasteiger charge is 2.21. The summed E-state index contributed by atoms with van der Waals surface area (Å²) in [4.78, 5) is 37.7. The Balaban J connectivity index is 1.46. The number of nitrogens with one attached hydrogen (secondary N) is 3. The van der Waals surface area contributed by atoms with E-state index in [1.807, 2.05) is 0 Å². The van der Waals surface area contributed by atoms with Crippen LogP contribution in [-0.4, -0.2) is 69.8 Å². The molecule has 0 radical (unpaired) electrons. The minimum atomic E-state index is -1.29. The van der Waals surface area contributed by atoms with Crippen LogP contribution in [0.3, 0.4) is 0 Å². The number of hydrogen-bond acceptors (Lipinski definition) is 10. The number of rotatable bonds is 10. The third-order valence-corrected chi connectivity index (χ3v) is 7.93. The highest BCUT2D eigenvalue weighted by Crippen LogP contribution is 2.24. The van der Waals surface area contributed by atoms with Gasteiger partial charge in [-0.1, -0.05) is 23.7 Å². The maximum absolute atomic E-state index is 13.3. The number of methoxy groups -OCH3 is 1. The summed E-state index contributed by atoms with van der Waals surface area (Å²) in [5.41, 5.74) is 2.92. The normalized spacial score (nSPS) is 12.5. The van der Waals surface area contributed by atoms with Gasteiger partial charge < -0.3 is 10.1 Å².